The highest BCUT2D eigenvalue weighted by molar-refractivity contribution is 5.70. The fourth-order valence-corrected chi connectivity index (χ4v) is 2.63. The lowest BCUT2D eigenvalue weighted by atomic mass is 10.0. The monoisotopic (exact) mass is 268 g/mol. The lowest BCUT2D eigenvalue weighted by Crippen LogP contribution is -2.52. The summed E-state index contributed by atoms with van der Waals surface area (Å²) >= 11 is 0. The minimum absolute atomic E-state index is 0.0965. The van der Waals surface area contributed by atoms with Crippen LogP contribution in [0.4, 0.5) is 15.8 Å². The second-order valence-electron chi connectivity index (χ2n) is 5.61. The summed E-state index contributed by atoms with van der Waals surface area (Å²) in [5.74, 6) is -0.231. The third-order valence-electron chi connectivity index (χ3n) is 3.21. The molecular weight excluding hydrogens is 247 g/mol. The molecule has 1 heterocycles. The van der Waals surface area contributed by atoms with E-state index < -0.39 is 5.82 Å². The molecule has 0 aromatic heterocycles. The first-order chi connectivity index (χ1) is 8.82. The van der Waals surface area contributed by atoms with E-state index in [0.717, 1.165) is 12.2 Å². The van der Waals surface area contributed by atoms with Crippen molar-refractivity contribution >= 4 is 11.4 Å². The normalized spacial score (nSPS) is 22.4. The van der Waals surface area contributed by atoms with Crippen LogP contribution in [-0.2, 0) is 4.74 Å². The Labute approximate surface area is 113 Å². The highest BCUT2D eigenvalue weighted by atomic mass is 19.1. The molecule has 1 atom stereocenters. The molecule has 1 aliphatic heterocycles. The molecule has 2 rings (SSSR count). The Morgan fingerprint density at radius 1 is 1.47 bits per heavy atom. The summed E-state index contributed by atoms with van der Waals surface area (Å²) in [5, 5.41) is 0. The zero-order valence-electron chi connectivity index (χ0n) is 11.9. The Hall–Kier alpha value is -1.49. The second-order valence-corrected chi connectivity index (χ2v) is 5.61. The van der Waals surface area contributed by atoms with E-state index in [-0.39, 0.29) is 17.5 Å². The lowest BCUT2D eigenvalue weighted by molar-refractivity contribution is -0.0749. The van der Waals surface area contributed by atoms with Gasteiger partial charge in [0.15, 0.2) is 11.6 Å². The molecular formula is C14H21FN2O2. The van der Waals surface area contributed by atoms with Crippen molar-refractivity contribution in [3.63, 3.8) is 0 Å². The largest absolute Gasteiger partial charge is 0.494 e. The molecule has 0 spiro atoms. The predicted molar refractivity (Wildman–Crippen MR) is 74.2 cm³/mol. The van der Waals surface area contributed by atoms with Crippen molar-refractivity contribution in [1.29, 1.82) is 0 Å². The minimum Gasteiger partial charge on any atom is -0.494 e. The van der Waals surface area contributed by atoms with E-state index in [0.29, 0.717) is 12.2 Å². The Bertz CT molecular complexity index is 477. The topological polar surface area (TPSA) is 47.7 Å². The third kappa shape index (κ3) is 2.92. The maximum Gasteiger partial charge on any atom is 0.167 e. The van der Waals surface area contributed by atoms with Crippen molar-refractivity contribution in [2.45, 2.75) is 32.5 Å². The standard InChI is InChI=1S/C14H21FN2O2/c1-9-7-17(8-14(2,3)19-9)12-6-13(18-4)10(15)5-11(12)16/h5-6,9H,7-8,16H2,1-4H3. The molecule has 1 aromatic rings. The van der Waals surface area contributed by atoms with Gasteiger partial charge in [-0.15, -0.1) is 0 Å². The van der Waals surface area contributed by atoms with E-state index >= 15 is 0 Å². The van der Waals surface area contributed by atoms with Crippen LogP contribution in [0.25, 0.3) is 0 Å². The molecule has 19 heavy (non-hydrogen) atoms. The fraction of sp³-hybridized carbons (Fsp3) is 0.571. The first-order valence-electron chi connectivity index (χ1n) is 6.38. The molecule has 1 aliphatic rings. The van der Waals surface area contributed by atoms with Crippen LogP contribution >= 0.6 is 0 Å². The van der Waals surface area contributed by atoms with Crippen LogP contribution in [0, 0.1) is 5.82 Å². The van der Waals surface area contributed by atoms with Gasteiger partial charge in [0, 0.05) is 25.2 Å². The number of nitrogens with two attached hydrogens (primary N) is 1. The molecule has 106 valence electrons. The number of rotatable bonds is 2. The van der Waals surface area contributed by atoms with Crippen LogP contribution < -0.4 is 15.4 Å². The van der Waals surface area contributed by atoms with E-state index in [1.807, 2.05) is 20.8 Å². The second kappa shape index (κ2) is 4.89. The number of nitrogens with zero attached hydrogens (tertiary/aromatic N) is 1. The summed E-state index contributed by atoms with van der Waals surface area (Å²) in [7, 11) is 1.45. The van der Waals surface area contributed by atoms with Crippen molar-refractivity contribution in [3.05, 3.63) is 17.9 Å². The summed E-state index contributed by atoms with van der Waals surface area (Å²) < 4.78 is 24.5. The molecule has 0 amide bonds. The highest BCUT2D eigenvalue weighted by Gasteiger charge is 2.32. The summed E-state index contributed by atoms with van der Waals surface area (Å²) in [6, 6.07) is 2.96. The first kappa shape index (κ1) is 13.9. The molecule has 0 saturated carbocycles. The van der Waals surface area contributed by atoms with Gasteiger partial charge in [0.05, 0.1) is 30.2 Å². The number of morpholine rings is 1. The van der Waals surface area contributed by atoms with Gasteiger partial charge in [0.25, 0.3) is 0 Å². The molecule has 5 heteroatoms. The molecule has 4 nitrogen and oxygen atoms in total. The van der Waals surface area contributed by atoms with Crippen molar-refractivity contribution < 1.29 is 13.9 Å². The molecule has 1 unspecified atom stereocenters. The van der Waals surface area contributed by atoms with Gasteiger partial charge >= 0.3 is 0 Å². The molecule has 0 bridgehead atoms. The number of benzene rings is 1. The number of methoxy groups -OCH3 is 1. The first-order valence-corrected chi connectivity index (χ1v) is 6.38. The van der Waals surface area contributed by atoms with Crippen LogP contribution in [0.3, 0.4) is 0 Å². The summed E-state index contributed by atoms with van der Waals surface area (Å²) in [5.41, 5.74) is 6.89. The van der Waals surface area contributed by atoms with E-state index in [4.69, 9.17) is 15.2 Å². The van der Waals surface area contributed by atoms with Crippen LogP contribution in [0.1, 0.15) is 20.8 Å². The van der Waals surface area contributed by atoms with Crippen molar-refractivity contribution in [1.82, 2.24) is 0 Å². The number of hydrogen-bond donors (Lipinski definition) is 1. The van der Waals surface area contributed by atoms with Gasteiger partial charge in [-0.25, -0.2) is 4.39 Å². The van der Waals surface area contributed by atoms with Crippen molar-refractivity contribution in [2.75, 3.05) is 30.8 Å². The maximum atomic E-state index is 13.6. The quantitative estimate of drug-likeness (QED) is 0.837. The molecule has 0 aliphatic carbocycles. The molecule has 1 fully saturated rings. The average Bonchev–Trinajstić information content (AvgIpc) is 2.26. The highest BCUT2D eigenvalue weighted by Crippen LogP contribution is 2.34. The van der Waals surface area contributed by atoms with E-state index in [9.17, 15) is 4.39 Å². The summed E-state index contributed by atoms with van der Waals surface area (Å²) in [6.07, 6.45) is 0.0965. The SMILES string of the molecule is COc1cc(N2CC(C)OC(C)(C)C2)c(N)cc1F. The van der Waals surface area contributed by atoms with Gasteiger partial charge in [-0.1, -0.05) is 0 Å². The zero-order valence-corrected chi connectivity index (χ0v) is 11.9. The number of halogens is 1. The molecule has 1 saturated heterocycles. The smallest absolute Gasteiger partial charge is 0.167 e. The van der Waals surface area contributed by atoms with E-state index in [1.54, 1.807) is 6.07 Å². The van der Waals surface area contributed by atoms with Gasteiger partial charge < -0.3 is 20.1 Å². The zero-order chi connectivity index (χ0) is 14.2. The Morgan fingerprint density at radius 2 is 2.16 bits per heavy atom. The van der Waals surface area contributed by atoms with Gasteiger partial charge in [0.1, 0.15) is 0 Å². The molecule has 0 radical (unpaired) electrons. The Balaban J connectivity index is 2.35. The van der Waals surface area contributed by atoms with E-state index in [1.165, 1.54) is 13.2 Å². The summed E-state index contributed by atoms with van der Waals surface area (Å²) in [4.78, 5) is 2.12. The predicted octanol–water partition coefficient (Wildman–Crippen LogP) is 2.42. The average molecular weight is 268 g/mol. The van der Waals surface area contributed by atoms with Gasteiger partial charge in [-0.2, -0.15) is 0 Å². The molecule has 2 N–H and O–H groups in total. The van der Waals surface area contributed by atoms with Crippen LogP contribution in [0.15, 0.2) is 12.1 Å². The van der Waals surface area contributed by atoms with Crippen LogP contribution in [0.2, 0.25) is 0 Å². The number of hydrogen-bond acceptors (Lipinski definition) is 4. The van der Waals surface area contributed by atoms with Gasteiger partial charge in [-0.3, -0.25) is 0 Å². The van der Waals surface area contributed by atoms with Gasteiger partial charge in [-0.05, 0) is 20.8 Å². The summed E-state index contributed by atoms with van der Waals surface area (Å²) in [6.45, 7) is 7.52. The number of ether oxygens (including phenoxy) is 2. The molecule has 1 aromatic carbocycles. The minimum atomic E-state index is -0.440. The van der Waals surface area contributed by atoms with Gasteiger partial charge in [0.2, 0.25) is 0 Å². The van der Waals surface area contributed by atoms with Crippen molar-refractivity contribution in [3.8, 4) is 5.75 Å². The number of anilines is 2. The Kier molecular flexibility index (Phi) is 3.58. The Morgan fingerprint density at radius 3 is 2.74 bits per heavy atom. The van der Waals surface area contributed by atoms with E-state index in [2.05, 4.69) is 4.90 Å². The number of nitrogen functional groups attached to an aromatic ring is 1. The van der Waals surface area contributed by atoms with Crippen molar-refractivity contribution in [2.24, 2.45) is 0 Å². The third-order valence-corrected chi connectivity index (χ3v) is 3.21. The lowest BCUT2D eigenvalue weighted by Gasteiger charge is -2.43. The van der Waals surface area contributed by atoms with Crippen LogP contribution in [0.5, 0.6) is 5.75 Å². The van der Waals surface area contributed by atoms with Crippen LogP contribution in [-0.4, -0.2) is 31.9 Å². The fourth-order valence-electron chi connectivity index (χ4n) is 2.63. The maximum absolute atomic E-state index is 13.6.